The maximum Gasteiger partial charge on any atom is 0.258 e. The van der Waals surface area contributed by atoms with Gasteiger partial charge in [0.2, 0.25) is 0 Å². The topological polar surface area (TPSA) is 31.2 Å². The van der Waals surface area contributed by atoms with Gasteiger partial charge in [-0.1, -0.05) is 29.8 Å². The molecule has 112 valence electrons. The maximum absolute atomic E-state index is 12.7. The van der Waals surface area contributed by atoms with Crippen molar-refractivity contribution < 1.29 is 4.74 Å². The van der Waals surface area contributed by atoms with Crippen molar-refractivity contribution in [3.05, 3.63) is 75.7 Å². The van der Waals surface area contributed by atoms with E-state index < -0.39 is 0 Å². The van der Waals surface area contributed by atoms with Crippen LogP contribution in [0, 0.1) is 13.8 Å². The van der Waals surface area contributed by atoms with E-state index in [2.05, 4.69) is 0 Å². The number of aromatic nitrogens is 1. The van der Waals surface area contributed by atoms with Gasteiger partial charge >= 0.3 is 0 Å². The Bertz CT molecular complexity index is 876. The van der Waals surface area contributed by atoms with Crippen molar-refractivity contribution in [3.63, 3.8) is 0 Å². The van der Waals surface area contributed by atoms with Crippen LogP contribution in [0.5, 0.6) is 5.75 Å². The smallest absolute Gasteiger partial charge is 0.258 e. The highest BCUT2D eigenvalue weighted by Crippen LogP contribution is 2.17. The summed E-state index contributed by atoms with van der Waals surface area (Å²) in [6.07, 6.45) is 1.93. The first-order valence-corrected chi connectivity index (χ1v) is 7.32. The summed E-state index contributed by atoms with van der Waals surface area (Å²) < 4.78 is 6.94. The summed E-state index contributed by atoms with van der Waals surface area (Å²) in [7, 11) is 1.65. The third kappa shape index (κ3) is 2.62. The van der Waals surface area contributed by atoms with Gasteiger partial charge in [0, 0.05) is 11.6 Å². The van der Waals surface area contributed by atoms with Gasteiger partial charge in [-0.05, 0) is 48.6 Å². The first kappa shape index (κ1) is 14.4. The van der Waals surface area contributed by atoms with Crippen molar-refractivity contribution in [3.8, 4) is 5.75 Å². The summed E-state index contributed by atoms with van der Waals surface area (Å²) in [5.74, 6) is 0.821. The van der Waals surface area contributed by atoms with Gasteiger partial charge in [0.25, 0.3) is 5.56 Å². The minimum absolute atomic E-state index is 0.0557. The van der Waals surface area contributed by atoms with Crippen molar-refractivity contribution in [2.45, 2.75) is 20.4 Å². The zero-order valence-electron chi connectivity index (χ0n) is 13.1. The van der Waals surface area contributed by atoms with Crippen LogP contribution in [0.1, 0.15) is 16.7 Å². The van der Waals surface area contributed by atoms with Crippen molar-refractivity contribution in [1.82, 2.24) is 4.57 Å². The minimum atomic E-state index is 0.0557. The van der Waals surface area contributed by atoms with Gasteiger partial charge in [0.05, 0.1) is 13.7 Å². The number of hydrogen-bond donors (Lipinski definition) is 0. The van der Waals surface area contributed by atoms with Gasteiger partial charge < -0.3 is 9.30 Å². The summed E-state index contributed by atoms with van der Waals surface area (Å²) in [5, 5.41) is 1.81. The van der Waals surface area contributed by atoms with E-state index in [4.69, 9.17) is 4.74 Å². The molecule has 3 heteroatoms. The van der Waals surface area contributed by atoms with Crippen LogP contribution in [-0.4, -0.2) is 11.7 Å². The van der Waals surface area contributed by atoms with Gasteiger partial charge in [-0.3, -0.25) is 4.79 Å². The SMILES string of the molecule is COc1ccc(Cn2cc(C)c3ccc(C)cc3c2=O)cc1. The van der Waals surface area contributed by atoms with Crippen molar-refractivity contribution >= 4 is 10.8 Å². The average Bonchev–Trinajstić information content (AvgIpc) is 2.53. The van der Waals surface area contributed by atoms with Gasteiger partial charge in [0.1, 0.15) is 5.75 Å². The van der Waals surface area contributed by atoms with Crippen LogP contribution in [0.2, 0.25) is 0 Å². The summed E-state index contributed by atoms with van der Waals surface area (Å²) >= 11 is 0. The van der Waals surface area contributed by atoms with E-state index in [9.17, 15) is 4.79 Å². The Hall–Kier alpha value is -2.55. The molecule has 0 aliphatic heterocycles. The molecular weight excluding hydrogens is 274 g/mol. The predicted molar refractivity (Wildman–Crippen MR) is 89.8 cm³/mol. The Balaban J connectivity index is 2.06. The highest BCUT2D eigenvalue weighted by Gasteiger charge is 2.07. The van der Waals surface area contributed by atoms with Crippen molar-refractivity contribution in [2.75, 3.05) is 7.11 Å². The van der Waals surface area contributed by atoms with E-state index in [1.807, 2.05) is 62.5 Å². The van der Waals surface area contributed by atoms with Gasteiger partial charge in [0.15, 0.2) is 0 Å². The third-order valence-electron chi connectivity index (χ3n) is 3.95. The summed E-state index contributed by atoms with van der Waals surface area (Å²) in [6.45, 7) is 4.62. The summed E-state index contributed by atoms with van der Waals surface area (Å²) in [6, 6.07) is 13.8. The molecule has 0 radical (unpaired) electrons. The quantitative estimate of drug-likeness (QED) is 0.737. The zero-order chi connectivity index (χ0) is 15.7. The molecule has 0 bridgehead atoms. The molecule has 0 spiro atoms. The maximum atomic E-state index is 12.7. The van der Waals surface area contributed by atoms with Crippen LogP contribution in [0.25, 0.3) is 10.8 Å². The second-order valence-electron chi connectivity index (χ2n) is 5.64. The standard InChI is InChI=1S/C19H19NO2/c1-13-4-9-17-14(2)11-20(19(21)18(17)10-13)12-15-5-7-16(22-3)8-6-15/h4-11H,12H2,1-3H3. The Labute approximate surface area is 129 Å². The highest BCUT2D eigenvalue weighted by atomic mass is 16.5. The average molecular weight is 293 g/mol. The molecule has 22 heavy (non-hydrogen) atoms. The molecule has 3 aromatic rings. The lowest BCUT2D eigenvalue weighted by atomic mass is 10.1. The molecule has 3 rings (SSSR count). The number of pyridine rings is 1. The van der Waals surface area contributed by atoms with Crippen LogP contribution in [0.15, 0.2) is 53.5 Å². The Kier molecular flexibility index (Phi) is 3.72. The molecule has 0 saturated heterocycles. The number of hydrogen-bond acceptors (Lipinski definition) is 2. The van der Waals surface area contributed by atoms with Gasteiger partial charge in [-0.25, -0.2) is 0 Å². The minimum Gasteiger partial charge on any atom is -0.497 e. The highest BCUT2D eigenvalue weighted by molar-refractivity contribution is 5.85. The number of aryl methyl sites for hydroxylation is 2. The molecule has 0 fully saturated rings. The molecule has 0 aliphatic carbocycles. The van der Waals surface area contributed by atoms with Crippen LogP contribution in [-0.2, 0) is 6.54 Å². The molecule has 3 nitrogen and oxygen atoms in total. The summed E-state index contributed by atoms with van der Waals surface area (Å²) in [5.41, 5.74) is 3.35. The number of benzene rings is 2. The van der Waals surface area contributed by atoms with E-state index in [1.54, 1.807) is 11.7 Å². The lowest BCUT2D eigenvalue weighted by Gasteiger charge is -2.11. The van der Waals surface area contributed by atoms with E-state index in [0.29, 0.717) is 6.54 Å². The van der Waals surface area contributed by atoms with E-state index in [-0.39, 0.29) is 5.56 Å². The van der Waals surface area contributed by atoms with Gasteiger partial charge in [-0.15, -0.1) is 0 Å². The van der Waals surface area contributed by atoms with Crippen molar-refractivity contribution in [2.24, 2.45) is 0 Å². The van der Waals surface area contributed by atoms with Crippen LogP contribution in [0.3, 0.4) is 0 Å². The van der Waals surface area contributed by atoms with E-state index in [1.165, 1.54) is 0 Å². The van der Waals surface area contributed by atoms with Gasteiger partial charge in [-0.2, -0.15) is 0 Å². The lowest BCUT2D eigenvalue weighted by Crippen LogP contribution is -2.21. The largest absolute Gasteiger partial charge is 0.497 e. The zero-order valence-corrected chi connectivity index (χ0v) is 13.1. The molecule has 2 aromatic carbocycles. The molecular formula is C19H19NO2. The molecule has 0 unspecified atom stereocenters. The van der Waals surface area contributed by atoms with E-state index in [0.717, 1.165) is 33.2 Å². The Morgan fingerprint density at radius 3 is 2.41 bits per heavy atom. The molecule has 1 heterocycles. The number of ether oxygens (including phenoxy) is 1. The van der Waals surface area contributed by atoms with E-state index >= 15 is 0 Å². The first-order valence-electron chi connectivity index (χ1n) is 7.32. The monoisotopic (exact) mass is 293 g/mol. The fourth-order valence-electron chi connectivity index (χ4n) is 2.74. The second-order valence-corrected chi connectivity index (χ2v) is 5.64. The lowest BCUT2D eigenvalue weighted by molar-refractivity contribution is 0.414. The molecule has 0 N–H and O–H groups in total. The summed E-state index contributed by atoms with van der Waals surface area (Å²) in [4.78, 5) is 12.7. The molecule has 0 saturated carbocycles. The first-order chi connectivity index (χ1) is 10.6. The third-order valence-corrected chi connectivity index (χ3v) is 3.95. The molecule has 0 atom stereocenters. The number of nitrogens with zero attached hydrogens (tertiary/aromatic N) is 1. The predicted octanol–water partition coefficient (Wildman–Crippen LogP) is 3.68. The van der Waals surface area contributed by atoms with Crippen molar-refractivity contribution in [1.29, 1.82) is 0 Å². The number of fused-ring (bicyclic) bond motifs is 1. The van der Waals surface area contributed by atoms with Crippen LogP contribution >= 0.6 is 0 Å². The molecule has 0 amide bonds. The van der Waals surface area contributed by atoms with Crippen LogP contribution in [0.4, 0.5) is 0 Å². The number of methoxy groups -OCH3 is 1. The Morgan fingerprint density at radius 1 is 1.00 bits per heavy atom. The molecule has 1 aromatic heterocycles. The fraction of sp³-hybridized carbons (Fsp3) is 0.211. The normalized spacial score (nSPS) is 10.9. The van der Waals surface area contributed by atoms with Crippen LogP contribution < -0.4 is 10.3 Å². The fourth-order valence-corrected chi connectivity index (χ4v) is 2.74. The second kappa shape index (κ2) is 5.68. The number of rotatable bonds is 3. The molecule has 0 aliphatic rings. The Morgan fingerprint density at radius 2 is 1.73 bits per heavy atom.